The minimum Gasteiger partial charge on any atom is -0.459 e. The number of carbonyl (C=O) groups excluding carboxylic acids is 2. The SMILES string of the molecule is Cc1ccc(Nc2nc(COC(=O)[C@H]3CC(=O)N(c4ccc(C)cc4)C3)cs2)cc1. The first kappa shape index (κ1) is 20.1. The third-order valence-electron chi connectivity index (χ3n) is 5.02. The van der Waals surface area contributed by atoms with E-state index < -0.39 is 5.92 Å². The second-order valence-electron chi connectivity index (χ2n) is 7.48. The predicted molar refractivity (Wildman–Crippen MR) is 118 cm³/mol. The number of hydrogen-bond donors (Lipinski definition) is 1. The normalized spacial score (nSPS) is 16.0. The van der Waals surface area contributed by atoms with E-state index in [1.807, 2.05) is 67.8 Å². The molecular weight excluding hydrogens is 398 g/mol. The molecule has 7 heteroatoms. The van der Waals surface area contributed by atoms with Crippen molar-refractivity contribution >= 4 is 39.7 Å². The molecule has 1 fully saturated rings. The number of thiazole rings is 1. The van der Waals surface area contributed by atoms with E-state index >= 15 is 0 Å². The average molecular weight is 422 g/mol. The van der Waals surface area contributed by atoms with Gasteiger partial charge in [0.1, 0.15) is 6.61 Å². The molecule has 154 valence electrons. The van der Waals surface area contributed by atoms with Gasteiger partial charge in [0.2, 0.25) is 5.91 Å². The van der Waals surface area contributed by atoms with Crippen LogP contribution < -0.4 is 10.2 Å². The summed E-state index contributed by atoms with van der Waals surface area (Å²) in [7, 11) is 0. The summed E-state index contributed by atoms with van der Waals surface area (Å²) in [4.78, 5) is 30.9. The molecule has 6 nitrogen and oxygen atoms in total. The maximum Gasteiger partial charge on any atom is 0.311 e. The maximum atomic E-state index is 12.5. The maximum absolute atomic E-state index is 12.5. The smallest absolute Gasteiger partial charge is 0.311 e. The molecule has 1 N–H and O–H groups in total. The standard InChI is InChI=1S/C23H23N3O3S/c1-15-3-7-18(8-4-15)24-23-25-19(14-30-23)13-29-22(28)17-11-21(27)26(12-17)20-9-5-16(2)6-10-20/h3-10,14,17H,11-13H2,1-2H3,(H,24,25)/t17-/m0/s1. The number of esters is 1. The molecule has 1 aliphatic heterocycles. The highest BCUT2D eigenvalue weighted by Crippen LogP contribution is 2.27. The number of carbonyl (C=O) groups is 2. The molecule has 1 saturated heterocycles. The molecule has 3 aromatic rings. The first-order valence-corrected chi connectivity index (χ1v) is 10.7. The number of aryl methyl sites for hydroxylation is 2. The number of aromatic nitrogens is 1. The molecule has 1 aromatic heterocycles. The van der Waals surface area contributed by atoms with Gasteiger partial charge in [-0.3, -0.25) is 9.59 Å². The van der Waals surface area contributed by atoms with E-state index in [-0.39, 0.29) is 24.9 Å². The van der Waals surface area contributed by atoms with Crippen molar-refractivity contribution in [3.05, 3.63) is 70.7 Å². The zero-order valence-corrected chi connectivity index (χ0v) is 17.7. The molecule has 0 unspecified atom stereocenters. The lowest BCUT2D eigenvalue weighted by Crippen LogP contribution is -2.26. The summed E-state index contributed by atoms with van der Waals surface area (Å²) in [6, 6.07) is 15.8. The highest BCUT2D eigenvalue weighted by Gasteiger charge is 2.36. The number of ether oxygens (including phenoxy) is 1. The van der Waals surface area contributed by atoms with Crippen molar-refractivity contribution in [2.45, 2.75) is 26.9 Å². The molecule has 0 spiro atoms. The average Bonchev–Trinajstić information content (AvgIpc) is 3.35. The van der Waals surface area contributed by atoms with Crippen molar-refractivity contribution in [1.29, 1.82) is 0 Å². The van der Waals surface area contributed by atoms with Gasteiger partial charge < -0.3 is 15.0 Å². The molecule has 0 bridgehead atoms. The van der Waals surface area contributed by atoms with Crippen molar-refractivity contribution in [2.75, 3.05) is 16.8 Å². The van der Waals surface area contributed by atoms with Crippen LogP contribution in [0.2, 0.25) is 0 Å². The first-order valence-electron chi connectivity index (χ1n) is 9.80. The number of nitrogens with zero attached hydrogens (tertiary/aromatic N) is 2. The lowest BCUT2D eigenvalue weighted by atomic mass is 10.1. The van der Waals surface area contributed by atoms with Crippen LogP contribution in [0.3, 0.4) is 0 Å². The fraction of sp³-hybridized carbons (Fsp3) is 0.261. The Hall–Kier alpha value is -3.19. The zero-order chi connectivity index (χ0) is 21.1. The number of nitrogens with one attached hydrogen (secondary N) is 1. The molecule has 0 radical (unpaired) electrons. The molecule has 2 heterocycles. The van der Waals surface area contributed by atoms with Crippen LogP contribution in [0, 0.1) is 19.8 Å². The fourth-order valence-electron chi connectivity index (χ4n) is 3.29. The summed E-state index contributed by atoms with van der Waals surface area (Å²) >= 11 is 1.46. The summed E-state index contributed by atoms with van der Waals surface area (Å²) in [6.07, 6.45) is 0.171. The van der Waals surface area contributed by atoms with Gasteiger partial charge in [0.25, 0.3) is 0 Å². The second-order valence-corrected chi connectivity index (χ2v) is 8.34. The molecule has 30 heavy (non-hydrogen) atoms. The Balaban J connectivity index is 1.30. The van der Waals surface area contributed by atoms with E-state index in [0.717, 1.165) is 22.1 Å². The number of rotatable bonds is 6. The Labute approximate surface area is 179 Å². The van der Waals surface area contributed by atoms with Crippen LogP contribution in [-0.4, -0.2) is 23.4 Å². The van der Waals surface area contributed by atoms with Gasteiger partial charge >= 0.3 is 5.97 Å². The third kappa shape index (κ3) is 4.68. The summed E-state index contributed by atoms with van der Waals surface area (Å²) in [5.74, 6) is -0.874. The number of amides is 1. The minimum absolute atomic E-state index is 0.0564. The van der Waals surface area contributed by atoms with Crippen LogP contribution in [-0.2, 0) is 20.9 Å². The Bertz CT molecular complexity index is 1040. The Morgan fingerprint density at radius 3 is 2.50 bits per heavy atom. The molecule has 1 atom stereocenters. The monoisotopic (exact) mass is 421 g/mol. The summed E-state index contributed by atoms with van der Waals surface area (Å²) in [6.45, 7) is 4.48. The first-order chi connectivity index (χ1) is 14.5. The Morgan fingerprint density at radius 2 is 1.80 bits per heavy atom. The van der Waals surface area contributed by atoms with Crippen LogP contribution >= 0.6 is 11.3 Å². The van der Waals surface area contributed by atoms with Crippen molar-refractivity contribution in [3.63, 3.8) is 0 Å². The van der Waals surface area contributed by atoms with Gasteiger partial charge in [-0.05, 0) is 38.1 Å². The van der Waals surface area contributed by atoms with Crippen LogP contribution in [0.25, 0.3) is 0 Å². The molecule has 0 aliphatic carbocycles. The van der Waals surface area contributed by atoms with Crippen LogP contribution in [0.15, 0.2) is 53.9 Å². The van der Waals surface area contributed by atoms with E-state index in [9.17, 15) is 9.59 Å². The number of hydrogen-bond acceptors (Lipinski definition) is 6. The molecule has 1 aliphatic rings. The summed E-state index contributed by atoms with van der Waals surface area (Å²) in [5.41, 5.74) is 4.77. The molecular formula is C23H23N3O3S. The van der Waals surface area contributed by atoms with Crippen molar-refractivity contribution in [1.82, 2.24) is 4.98 Å². The molecule has 4 rings (SSSR count). The van der Waals surface area contributed by atoms with Crippen molar-refractivity contribution in [3.8, 4) is 0 Å². The van der Waals surface area contributed by atoms with E-state index in [0.29, 0.717) is 12.2 Å². The molecule has 2 aromatic carbocycles. The number of anilines is 3. The molecule has 0 saturated carbocycles. The van der Waals surface area contributed by atoms with E-state index in [4.69, 9.17) is 4.74 Å². The summed E-state index contributed by atoms with van der Waals surface area (Å²) in [5, 5.41) is 5.85. The minimum atomic E-state index is -0.456. The zero-order valence-electron chi connectivity index (χ0n) is 16.9. The van der Waals surface area contributed by atoms with E-state index in [1.54, 1.807) is 4.90 Å². The lowest BCUT2D eigenvalue weighted by molar-refractivity contribution is -0.149. The third-order valence-corrected chi connectivity index (χ3v) is 5.83. The quantitative estimate of drug-likeness (QED) is 0.589. The lowest BCUT2D eigenvalue weighted by Gasteiger charge is -2.16. The van der Waals surface area contributed by atoms with Gasteiger partial charge in [-0.1, -0.05) is 35.4 Å². The van der Waals surface area contributed by atoms with Gasteiger partial charge in [-0.25, -0.2) is 4.98 Å². The van der Waals surface area contributed by atoms with Gasteiger partial charge in [-0.2, -0.15) is 0 Å². The number of benzene rings is 2. The van der Waals surface area contributed by atoms with E-state index in [1.165, 1.54) is 16.9 Å². The highest BCUT2D eigenvalue weighted by molar-refractivity contribution is 7.13. The Kier molecular flexibility index (Phi) is 5.81. The fourth-order valence-corrected chi connectivity index (χ4v) is 4.01. The van der Waals surface area contributed by atoms with Gasteiger partial charge in [0.05, 0.1) is 11.6 Å². The van der Waals surface area contributed by atoms with Crippen LogP contribution in [0.4, 0.5) is 16.5 Å². The van der Waals surface area contributed by atoms with E-state index in [2.05, 4.69) is 10.3 Å². The predicted octanol–water partition coefficient (Wildman–Crippen LogP) is 4.60. The molecule has 1 amide bonds. The van der Waals surface area contributed by atoms with Gasteiger partial charge in [-0.15, -0.1) is 11.3 Å². The summed E-state index contributed by atoms with van der Waals surface area (Å²) < 4.78 is 5.44. The topological polar surface area (TPSA) is 71.5 Å². The second kappa shape index (κ2) is 8.67. The van der Waals surface area contributed by atoms with Crippen LogP contribution in [0.5, 0.6) is 0 Å². The highest BCUT2D eigenvalue weighted by atomic mass is 32.1. The van der Waals surface area contributed by atoms with Gasteiger partial charge in [0.15, 0.2) is 5.13 Å². The van der Waals surface area contributed by atoms with Crippen LogP contribution in [0.1, 0.15) is 23.2 Å². The van der Waals surface area contributed by atoms with Gasteiger partial charge in [0, 0.05) is 29.7 Å². The largest absolute Gasteiger partial charge is 0.459 e. The Morgan fingerprint density at radius 1 is 1.13 bits per heavy atom. The van der Waals surface area contributed by atoms with Crippen molar-refractivity contribution in [2.24, 2.45) is 5.92 Å². The van der Waals surface area contributed by atoms with Crippen molar-refractivity contribution < 1.29 is 14.3 Å².